The molecule has 0 aromatic carbocycles. The van der Waals surface area contributed by atoms with Gasteiger partial charge in [0.2, 0.25) is 11.8 Å². The topological polar surface area (TPSA) is 104 Å². The number of rotatable bonds is 9. The second kappa shape index (κ2) is 10.6. The molecule has 2 aliphatic heterocycles. The maximum absolute atomic E-state index is 12.9. The van der Waals surface area contributed by atoms with Crippen molar-refractivity contribution >= 4 is 23.4 Å². The molecule has 0 unspecified atom stereocenters. The van der Waals surface area contributed by atoms with Crippen LogP contribution >= 0.6 is 0 Å². The number of aromatic nitrogens is 2. The van der Waals surface area contributed by atoms with Crippen molar-refractivity contribution in [2.45, 2.75) is 51.5 Å². The van der Waals surface area contributed by atoms with Crippen LogP contribution in [-0.2, 0) is 27.2 Å². The Kier molecular flexibility index (Phi) is 7.32. The third-order valence-electron chi connectivity index (χ3n) is 6.36. The van der Waals surface area contributed by atoms with Crippen LogP contribution in [0, 0.1) is 5.92 Å². The quantitative estimate of drug-likeness (QED) is 0.609. The normalized spacial score (nSPS) is 18.4. The minimum atomic E-state index is -0.444. The molecule has 33 heavy (non-hydrogen) atoms. The lowest BCUT2D eigenvalue weighted by Gasteiger charge is -2.21. The number of Topliss-reactive ketones (excluding diaryl/α,β-unsaturated/α-hetero) is 1. The smallest absolute Gasteiger partial charge is 0.240 e. The van der Waals surface area contributed by atoms with Crippen molar-refractivity contribution in [3.8, 4) is 0 Å². The second-order valence-electron chi connectivity index (χ2n) is 8.94. The Hall–Kier alpha value is -3.29. The van der Waals surface area contributed by atoms with Crippen molar-refractivity contribution in [3.05, 3.63) is 53.5 Å². The Balaban J connectivity index is 1.29. The number of pyridine rings is 2. The Labute approximate surface area is 194 Å². The molecular formula is C25H31N5O3. The number of hydrogen-bond acceptors (Lipinski definition) is 6. The van der Waals surface area contributed by atoms with Crippen LogP contribution in [0.25, 0.3) is 0 Å². The molecule has 0 spiro atoms. The summed E-state index contributed by atoms with van der Waals surface area (Å²) in [5, 5.41) is 6.25. The van der Waals surface area contributed by atoms with Gasteiger partial charge in [0, 0.05) is 43.5 Å². The number of aryl methyl sites for hydroxylation is 2. The van der Waals surface area contributed by atoms with Crippen LogP contribution < -0.4 is 10.6 Å². The molecule has 4 rings (SSSR count). The van der Waals surface area contributed by atoms with E-state index < -0.39 is 6.04 Å². The SMILES string of the molecule is CC(=O)C[C@H](NC(=O)CN1CC[C@H](CCc2ccc3c(n2)NCCC3)C1=O)c1cccnc1. The van der Waals surface area contributed by atoms with Crippen molar-refractivity contribution in [1.82, 2.24) is 20.2 Å². The first-order valence-electron chi connectivity index (χ1n) is 11.7. The van der Waals surface area contributed by atoms with E-state index in [1.54, 1.807) is 23.4 Å². The Morgan fingerprint density at radius 2 is 2.18 bits per heavy atom. The van der Waals surface area contributed by atoms with Gasteiger partial charge < -0.3 is 15.5 Å². The standard InChI is InChI=1S/C25H31N5O3/c1-17(31)14-22(20-5-2-11-26-15-20)29-23(32)16-30-13-10-19(25(30)33)7-9-21-8-6-18-4-3-12-27-24(18)28-21/h2,5-6,8,11,15,19,22H,3-4,7,9-10,12-14,16H2,1H3,(H,27,28)(H,29,32)/t19-,22-/m0/s1. The van der Waals surface area contributed by atoms with E-state index in [-0.39, 0.29) is 36.5 Å². The highest BCUT2D eigenvalue weighted by atomic mass is 16.2. The number of ketones is 1. The molecular weight excluding hydrogens is 418 g/mol. The number of nitrogens with one attached hydrogen (secondary N) is 2. The molecule has 2 aliphatic rings. The summed E-state index contributed by atoms with van der Waals surface area (Å²) in [5.41, 5.74) is 3.03. The van der Waals surface area contributed by atoms with Gasteiger partial charge in [0.05, 0.1) is 12.6 Å². The highest BCUT2D eigenvalue weighted by molar-refractivity contribution is 5.87. The number of fused-ring (bicyclic) bond motifs is 1. The fraction of sp³-hybridized carbons (Fsp3) is 0.480. The van der Waals surface area contributed by atoms with Gasteiger partial charge in [-0.05, 0) is 62.3 Å². The summed E-state index contributed by atoms with van der Waals surface area (Å²) in [7, 11) is 0. The van der Waals surface area contributed by atoms with Gasteiger partial charge in [-0.2, -0.15) is 0 Å². The van der Waals surface area contributed by atoms with Gasteiger partial charge in [0.1, 0.15) is 11.6 Å². The van der Waals surface area contributed by atoms with Crippen molar-refractivity contribution in [2.24, 2.45) is 5.92 Å². The molecule has 4 heterocycles. The molecule has 2 aromatic heterocycles. The number of amides is 2. The van der Waals surface area contributed by atoms with E-state index in [9.17, 15) is 14.4 Å². The molecule has 0 aliphatic carbocycles. The molecule has 2 N–H and O–H groups in total. The van der Waals surface area contributed by atoms with Crippen LogP contribution in [0.4, 0.5) is 5.82 Å². The van der Waals surface area contributed by atoms with Gasteiger partial charge in [-0.25, -0.2) is 4.98 Å². The van der Waals surface area contributed by atoms with Crippen molar-refractivity contribution < 1.29 is 14.4 Å². The Morgan fingerprint density at radius 1 is 1.30 bits per heavy atom. The Bertz CT molecular complexity index is 1010. The number of nitrogens with zero attached hydrogens (tertiary/aromatic N) is 3. The van der Waals surface area contributed by atoms with Crippen LogP contribution in [0.1, 0.15) is 55.5 Å². The summed E-state index contributed by atoms with van der Waals surface area (Å²) in [6.07, 6.45) is 7.89. The van der Waals surface area contributed by atoms with Crippen LogP contribution in [0.5, 0.6) is 0 Å². The van der Waals surface area contributed by atoms with Crippen LogP contribution in [-0.4, -0.2) is 52.1 Å². The fourth-order valence-electron chi connectivity index (χ4n) is 4.59. The van der Waals surface area contributed by atoms with E-state index >= 15 is 0 Å². The van der Waals surface area contributed by atoms with Crippen LogP contribution in [0.3, 0.4) is 0 Å². The monoisotopic (exact) mass is 449 g/mol. The van der Waals surface area contributed by atoms with Gasteiger partial charge in [0.25, 0.3) is 0 Å². The van der Waals surface area contributed by atoms with Gasteiger partial charge in [0.15, 0.2) is 0 Å². The summed E-state index contributed by atoms with van der Waals surface area (Å²) in [4.78, 5) is 47.6. The number of anilines is 1. The summed E-state index contributed by atoms with van der Waals surface area (Å²) in [5.74, 6) is 0.623. The lowest BCUT2D eigenvalue weighted by Crippen LogP contribution is -2.40. The van der Waals surface area contributed by atoms with Crippen molar-refractivity contribution in [1.29, 1.82) is 0 Å². The van der Waals surface area contributed by atoms with Gasteiger partial charge in [-0.3, -0.25) is 19.4 Å². The number of carbonyl (C=O) groups excluding carboxylic acids is 3. The van der Waals surface area contributed by atoms with Crippen LogP contribution in [0.15, 0.2) is 36.7 Å². The molecule has 8 heteroatoms. The fourth-order valence-corrected chi connectivity index (χ4v) is 4.59. The minimum absolute atomic E-state index is 0.00498. The second-order valence-corrected chi connectivity index (χ2v) is 8.94. The first-order chi connectivity index (χ1) is 16.0. The minimum Gasteiger partial charge on any atom is -0.370 e. The summed E-state index contributed by atoms with van der Waals surface area (Å²) >= 11 is 0. The number of carbonyl (C=O) groups is 3. The molecule has 2 aromatic rings. The molecule has 0 bridgehead atoms. The van der Waals surface area contributed by atoms with E-state index in [1.807, 2.05) is 6.07 Å². The van der Waals surface area contributed by atoms with Gasteiger partial charge >= 0.3 is 0 Å². The van der Waals surface area contributed by atoms with Crippen molar-refractivity contribution in [3.63, 3.8) is 0 Å². The predicted molar refractivity (Wildman–Crippen MR) is 124 cm³/mol. The predicted octanol–water partition coefficient (Wildman–Crippen LogP) is 2.45. The van der Waals surface area contributed by atoms with E-state index in [0.717, 1.165) is 55.7 Å². The maximum atomic E-state index is 12.9. The average molecular weight is 450 g/mol. The highest BCUT2D eigenvalue weighted by Crippen LogP contribution is 2.25. The molecule has 2 amide bonds. The van der Waals surface area contributed by atoms with Crippen molar-refractivity contribution in [2.75, 3.05) is 25.0 Å². The molecule has 8 nitrogen and oxygen atoms in total. The molecule has 1 fully saturated rings. The average Bonchev–Trinajstić information content (AvgIpc) is 3.16. The zero-order valence-corrected chi connectivity index (χ0v) is 19.0. The van der Waals surface area contributed by atoms with Crippen LogP contribution in [0.2, 0.25) is 0 Å². The lowest BCUT2D eigenvalue weighted by molar-refractivity contribution is -0.135. The first-order valence-corrected chi connectivity index (χ1v) is 11.7. The van der Waals surface area contributed by atoms with E-state index in [0.29, 0.717) is 6.54 Å². The summed E-state index contributed by atoms with van der Waals surface area (Å²) < 4.78 is 0. The largest absolute Gasteiger partial charge is 0.370 e. The van der Waals surface area contributed by atoms with E-state index in [4.69, 9.17) is 4.98 Å². The van der Waals surface area contributed by atoms with Gasteiger partial charge in [-0.15, -0.1) is 0 Å². The highest BCUT2D eigenvalue weighted by Gasteiger charge is 2.32. The van der Waals surface area contributed by atoms with E-state index in [1.165, 1.54) is 12.5 Å². The maximum Gasteiger partial charge on any atom is 0.240 e. The number of hydrogen-bond donors (Lipinski definition) is 2. The molecule has 0 saturated carbocycles. The zero-order chi connectivity index (χ0) is 23.2. The molecule has 0 radical (unpaired) electrons. The third kappa shape index (κ3) is 5.94. The zero-order valence-electron chi connectivity index (χ0n) is 19.0. The number of likely N-dealkylation sites (tertiary alicyclic amines) is 1. The lowest BCUT2D eigenvalue weighted by atomic mass is 9.99. The Morgan fingerprint density at radius 3 is 2.97 bits per heavy atom. The first kappa shape index (κ1) is 22.9. The van der Waals surface area contributed by atoms with Gasteiger partial charge in [-0.1, -0.05) is 12.1 Å². The molecule has 1 saturated heterocycles. The molecule has 2 atom stereocenters. The third-order valence-corrected chi connectivity index (χ3v) is 6.36. The van der Waals surface area contributed by atoms with E-state index in [2.05, 4.69) is 27.8 Å². The molecule has 174 valence electrons. The summed E-state index contributed by atoms with van der Waals surface area (Å²) in [6.45, 7) is 3.03. The summed E-state index contributed by atoms with van der Waals surface area (Å²) in [6, 6.07) is 7.36.